The number of carboxylic acid groups (broad SMARTS) is 1. The topological polar surface area (TPSA) is 49.8 Å². The van der Waals surface area contributed by atoms with Crippen LogP contribution in [0.1, 0.15) is 32.3 Å². The highest BCUT2D eigenvalue weighted by atomic mass is 35.5. The summed E-state index contributed by atoms with van der Waals surface area (Å²) in [6.45, 7) is 11.5. The third-order valence-electron chi connectivity index (χ3n) is 3.81. The molecule has 7 heteroatoms. The fourth-order valence-corrected chi connectivity index (χ4v) is 2.86. The third kappa shape index (κ3) is 6.52. The molecule has 1 aromatic rings. The summed E-state index contributed by atoms with van der Waals surface area (Å²) >= 11 is 6.20. The van der Waals surface area contributed by atoms with Crippen LogP contribution in [0, 0.1) is 0 Å². The SMILES string of the molecule is C=CCOc1ccc(C(C(=O)O)C(C)N(CC)CC)cc1Cl.Cl.Cl. The molecule has 4 nitrogen and oxygen atoms in total. The van der Waals surface area contributed by atoms with E-state index in [4.69, 9.17) is 16.3 Å². The van der Waals surface area contributed by atoms with E-state index in [1.807, 2.05) is 20.8 Å². The molecule has 2 atom stereocenters. The Hall–Kier alpha value is -0.940. The normalized spacial score (nSPS) is 12.5. The molecule has 0 fully saturated rings. The van der Waals surface area contributed by atoms with Gasteiger partial charge in [0.25, 0.3) is 0 Å². The van der Waals surface area contributed by atoms with Gasteiger partial charge >= 0.3 is 5.97 Å². The smallest absolute Gasteiger partial charge is 0.312 e. The van der Waals surface area contributed by atoms with E-state index in [-0.39, 0.29) is 30.9 Å². The number of aliphatic carboxylic acids is 1. The second kappa shape index (κ2) is 12.4. The molecule has 0 spiro atoms. The van der Waals surface area contributed by atoms with Crippen LogP contribution in [0.2, 0.25) is 5.02 Å². The Morgan fingerprint density at radius 2 is 1.96 bits per heavy atom. The first kappa shape index (κ1) is 25.3. The first-order valence-electron chi connectivity index (χ1n) is 7.46. The molecule has 0 heterocycles. The highest BCUT2D eigenvalue weighted by molar-refractivity contribution is 6.32. The molecule has 138 valence electrons. The van der Waals surface area contributed by atoms with Crippen molar-refractivity contribution in [2.75, 3.05) is 19.7 Å². The second-order valence-corrected chi connectivity index (χ2v) is 5.47. The Morgan fingerprint density at radius 1 is 1.38 bits per heavy atom. The lowest BCUT2D eigenvalue weighted by Gasteiger charge is -2.31. The number of nitrogens with zero attached hydrogens (tertiary/aromatic N) is 1. The van der Waals surface area contributed by atoms with Crippen LogP contribution in [0.5, 0.6) is 5.75 Å². The minimum absolute atomic E-state index is 0. The van der Waals surface area contributed by atoms with Crippen LogP contribution in [0.15, 0.2) is 30.9 Å². The summed E-state index contributed by atoms with van der Waals surface area (Å²) in [6, 6.07) is 5.04. The molecular weight excluding hydrogens is 373 g/mol. The van der Waals surface area contributed by atoms with Crippen molar-refractivity contribution in [2.24, 2.45) is 0 Å². The number of hydrogen-bond acceptors (Lipinski definition) is 3. The van der Waals surface area contributed by atoms with Gasteiger partial charge in [-0.05, 0) is 37.7 Å². The molecule has 0 saturated carbocycles. The molecule has 0 aromatic heterocycles. The van der Waals surface area contributed by atoms with Gasteiger partial charge in [-0.25, -0.2) is 0 Å². The minimum atomic E-state index is -0.852. The lowest BCUT2D eigenvalue weighted by Crippen LogP contribution is -2.40. The van der Waals surface area contributed by atoms with E-state index < -0.39 is 11.9 Å². The van der Waals surface area contributed by atoms with Gasteiger partial charge in [0.15, 0.2) is 0 Å². The van der Waals surface area contributed by atoms with Gasteiger partial charge in [0, 0.05) is 6.04 Å². The van der Waals surface area contributed by atoms with E-state index in [2.05, 4.69) is 11.5 Å². The van der Waals surface area contributed by atoms with Gasteiger partial charge in [0.05, 0.1) is 10.9 Å². The number of benzene rings is 1. The quantitative estimate of drug-likeness (QED) is 0.615. The number of carbonyl (C=O) groups is 1. The van der Waals surface area contributed by atoms with Gasteiger partial charge in [0.2, 0.25) is 0 Å². The summed E-state index contributed by atoms with van der Waals surface area (Å²) in [7, 11) is 0. The zero-order valence-corrected chi connectivity index (χ0v) is 16.6. The zero-order chi connectivity index (χ0) is 16.7. The predicted octanol–water partition coefficient (Wildman–Crippen LogP) is 4.65. The summed E-state index contributed by atoms with van der Waals surface area (Å²) in [5, 5.41) is 10.0. The molecular formula is C17H26Cl3NO3. The number of carboxylic acids is 1. The summed E-state index contributed by atoms with van der Waals surface area (Å²) in [5.74, 6) is -0.953. The van der Waals surface area contributed by atoms with Gasteiger partial charge in [0.1, 0.15) is 12.4 Å². The fraction of sp³-hybridized carbons (Fsp3) is 0.471. The van der Waals surface area contributed by atoms with Crippen LogP contribution in [-0.4, -0.2) is 41.7 Å². The van der Waals surface area contributed by atoms with Crippen LogP contribution in [0.4, 0.5) is 0 Å². The molecule has 1 aromatic carbocycles. The molecule has 0 aliphatic carbocycles. The summed E-state index contributed by atoms with van der Waals surface area (Å²) < 4.78 is 5.42. The predicted molar refractivity (Wildman–Crippen MR) is 104 cm³/mol. The molecule has 0 amide bonds. The Labute approximate surface area is 161 Å². The zero-order valence-electron chi connectivity index (χ0n) is 14.2. The van der Waals surface area contributed by atoms with E-state index >= 15 is 0 Å². The average Bonchev–Trinajstić information content (AvgIpc) is 2.47. The Kier molecular flexibility index (Phi) is 13.1. The largest absolute Gasteiger partial charge is 0.488 e. The van der Waals surface area contributed by atoms with Crippen LogP contribution < -0.4 is 4.74 Å². The van der Waals surface area contributed by atoms with Gasteiger partial charge in [-0.3, -0.25) is 4.79 Å². The molecule has 0 aliphatic rings. The van der Waals surface area contributed by atoms with Gasteiger partial charge in [-0.2, -0.15) is 0 Å². The Balaban J connectivity index is 0. The molecule has 0 saturated heterocycles. The monoisotopic (exact) mass is 397 g/mol. The Morgan fingerprint density at radius 3 is 2.38 bits per heavy atom. The molecule has 24 heavy (non-hydrogen) atoms. The number of rotatable bonds is 9. The van der Waals surface area contributed by atoms with Crippen molar-refractivity contribution in [3.05, 3.63) is 41.4 Å². The van der Waals surface area contributed by atoms with E-state index in [0.29, 0.717) is 22.9 Å². The average molecular weight is 399 g/mol. The maximum atomic E-state index is 11.7. The summed E-state index contributed by atoms with van der Waals surface area (Å²) in [4.78, 5) is 13.9. The molecule has 1 rings (SSSR count). The van der Waals surface area contributed by atoms with Crippen LogP contribution in [0.3, 0.4) is 0 Å². The number of hydrogen-bond donors (Lipinski definition) is 1. The highest BCUT2D eigenvalue weighted by Gasteiger charge is 2.30. The van der Waals surface area contributed by atoms with Crippen LogP contribution >= 0.6 is 36.4 Å². The number of ether oxygens (including phenoxy) is 1. The maximum Gasteiger partial charge on any atom is 0.312 e. The fourth-order valence-electron chi connectivity index (χ4n) is 2.61. The standard InChI is InChI=1S/C17H24ClNO3.2ClH/c1-5-10-22-15-9-8-13(11-14(15)18)16(17(20)21)12(4)19(6-2)7-3;;/h5,8-9,11-12,16H,1,6-7,10H2,2-4H3,(H,20,21);2*1H. The van der Waals surface area contributed by atoms with Crippen LogP contribution in [0.25, 0.3) is 0 Å². The van der Waals surface area contributed by atoms with Gasteiger partial charge in [-0.15, -0.1) is 24.8 Å². The van der Waals surface area contributed by atoms with Crippen molar-refractivity contribution < 1.29 is 14.6 Å². The minimum Gasteiger partial charge on any atom is -0.488 e. The molecule has 0 radical (unpaired) electrons. The molecule has 2 unspecified atom stereocenters. The number of halogens is 3. The Bertz CT molecular complexity index is 522. The first-order chi connectivity index (χ1) is 10.5. The van der Waals surface area contributed by atoms with E-state index in [1.54, 1.807) is 24.3 Å². The summed E-state index contributed by atoms with van der Waals surface area (Å²) in [6.07, 6.45) is 1.63. The second-order valence-electron chi connectivity index (χ2n) is 5.07. The molecule has 0 aliphatic heterocycles. The van der Waals surface area contributed by atoms with E-state index in [1.165, 1.54) is 0 Å². The third-order valence-corrected chi connectivity index (χ3v) is 4.10. The van der Waals surface area contributed by atoms with Crippen molar-refractivity contribution in [2.45, 2.75) is 32.7 Å². The van der Waals surface area contributed by atoms with Crippen LogP contribution in [-0.2, 0) is 4.79 Å². The van der Waals surface area contributed by atoms with Gasteiger partial charge in [-0.1, -0.05) is 44.2 Å². The van der Waals surface area contributed by atoms with E-state index in [9.17, 15) is 9.90 Å². The highest BCUT2D eigenvalue weighted by Crippen LogP contribution is 2.31. The van der Waals surface area contributed by atoms with Crippen molar-refractivity contribution in [1.82, 2.24) is 4.90 Å². The van der Waals surface area contributed by atoms with Crippen molar-refractivity contribution in [3.63, 3.8) is 0 Å². The van der Waals surface area contributed by atoms with Crippen molar-refractivity contribution in [1.29, 1.82) is 0 Å². The van der Waals surface area contributed by atoms with Crippen molar-refractivity contribution in [3.8, 4) is 5.75 Å². The number of likely N-dealkylation sites (N-methyl/N-ethyl adjacent to an activating group) is 1. The lowest BCUT2D eigenvalue weighted by atomic mass is 9.91. The summed E-state index contributed by atoms with van der Waals surface area (Å²) in [5.41, 5.74) is 0.683. The van der Waals surface area contributed by atoms with Crippen molar-refractivity contribution >= 4 is 42.4 Å². The molecule has 0 bridgehead atoms. The lowest BCUT2D eigenvalue weighted by molar-refractivity contribution is -0.140. The van der Waals surface area contributed by atoms with E-state index in [0.717, 1.165) is 13.1 Å². The first-order valence-corrected chi connectivity index (χ1v) is 7.83. The maximum absolute atomic E-state index is 11.7. The van der Waals surface area contributed by atoms with Gasteiger partial charge < -0.3 is 14.7 Å². The molecule has 1 N–H and O–H groups in total.